The van der Waals surface area contributed by atoms with E-state index in [-0.39, 0.29) is 5.92 Å². The maximum atomic E-state index is 12.7. The summed E-state index contributed by atoms with van der Waals surface area (Å²) in [6.45, 7) is 2.91. The molecule has 1 N–H and O–H groups in total. The lowest BCUT2D eigenvalue weighted by molar-refractivity contribution is -0.138. The number of ether oxygens (including phenoxy) is 2. The first-order valence-electron chi connectivity index (χ1n) is 8.97. The molecule has 4 rings (SSSR count). The van der Waals surface area contributed by atoms with Gasteiger partial charge in [-0.3, -0.25) is 4.79 Å². The summed E-state index contributed by atoms with van der Waals surface area (Å²) in [6, 6.07) is 6.08. The zero-order valence-electron chi connectivity index (χ0n) is 14.6. The summed E-state index contributed by atoms with van der Waals surface area (Å²) in [5.41, 5.74) is 3.63. The fraction of sp³-hybridized carbons (Fsp3) is 0.450. The molecule has 0 atom stereocenters. The highest BCUT2D eigenvalue weighted by atomic mass is 16.5. The van der Waals surface area contributed by atoms with Crippen molar-refractivity contribution in [3.63, 3.8) is 0 Å². The van der Waals surface area contributed by atoms with Crippen molar-refractivity contribution in [1.82, 2.24) is 9.88 Å². The molecule has 25 heavy (non-hydrogen) atoms. The Balaban J connectivity index is 1.52. The van der Waals surface area contributed by atoms with Gasteiger partial charge >= 0.3 is 0 Å². The Morgan fingerprint density at radius 2 is 2.16 bits per heavy atom. The number of aromatic amines is 1. The Kier molecular flexibility index (Phi) is 4.49. The Morgan fingerprint density at radius 1 is 1.32 bits per heavy atom. The van der Waals surface area contributed by atoms with Crippen LogP contribution in [0.1, 0.15) is 24.8 Å². The van der Waals surface area contributed by atoms with E-state index >= 15 is 0 Å². The maximum absolute atomic E-state index is 12.7. The zero-order valence-corrected chi connectivity index (χ0v) is 14.6. The van der Waals surface area contributed by atoms with Crippen LogP contribution in [-0.2, 0) is 9.53 Å². The van der Waals surface area contributed by atoms with Gasteiger partial charge in [-0.1, -0.05) is 6.08 Å². The average Bonchev–Trinajstić information content (AvgIpc) is 3.11. The van der Waals surface area contributed by atoms with E-state index in [9.17, 15) is 4.79 Å². The second kappa shape index (κ2) is 6.92. The zero-order chi connectivity index (χ0) is 17.2. The molecule has 1 saturated heterocycles. The molecule has 0 aliphatic carbocycles. The van der Waals surface area contributed by atoms with Gasteiger partial charge < -0.3 is 19.4 Å². The minimum atomic E-state index is 0.140. The van der Waals surface area contributed by atoms with Gasteiger partial charge in [-0.25, -0.2) is 0 Å². The fourth-order valence-corrected chi connectivity index (χ4v) is 3.81. The quantitative estimate of drug-likeness (QED) is 0.933. The van der Waals surface area contributed by atoms with E-state index in [0.717, 1.165) is 37.1 Å². The van der Waals surface area contributed by atoms with Crippen LogP contribution in [0.5, 0.6) is 5.75 Å². The molecule has 5 nitrogen and oxygen atoms in total. The molecule has 0 radical (unpaired) electrons. The molecule has 0 bridgehead atoms. The molecular formula is C20H24N2O3. The van der Waals surface area contributed by atoms with Gasteiger partial charge in [-0.15, -0.1) is 0 Å². The number of carbonyl (C=O) groups is 1. The van der Waals surface area contributed by atoms with E-state index in [4.69, 9.17) is 9.47 Å². The van der Waals surface area contributed by atoms with Crippen molar-refractivity contribution in [3.8, 4) is 5.75 Å². The molecule has 2 aliphatic heterocycles. The van der Waals surface area contributed by atoms with Crippen molar-refractivity contribution in [2.75, 3.05) is 33.4 Å². The predicted molar refractivity (Wildman–Crippen MR) is 97.6 cm³/mol. The van der Waals surface area contributed by atoms with Gasteiger partial charge in [0.15, 0.2) is 0 Å². The molecule has 5 heteroatoms. The Morgan fingerprint density at radius 3 is 2.88 bits per heavy atom. The Labute approximate surface area is 147 Å². The number of hydrogen-bond donors (Lipinski definition) is 1. The van der Waals surface area contributed by atoms with Gasteiger partial charge in [0, 0.05) is 54.9 Å². The van der Waals surface area contributed by atoms with E-state index in [1.165, 1.54) is 16.5 Å². The monoisotopic (exact) mass is 340 g/mol. The van der Waals surface area contributed by atoms with Crippen LogP contribution in [0, 0.1) is 5.92 Å². The summed E-state index contributed by atoms with van der Waals surface area (Å²) in [5, 5.41) is 1.18. The SMILES string of the molecule is COc1ccc2[nH]cc(C3=CCN(C(=O)C4CCOCC4)CC3)c2c1. The van der Waals surface area contributed by atoms with Gasteiger partial charge in [0.05, 0.1) is 7.11 Å². The summed E-state index contributed by atoms with van der Waals surface area (Å²) in [6.07, 6.45) is 6.86. The number of methoxy groups -OCH3 is 1. The fourth-order valence-electron chi connectivity index (χ4n) is 3.81. The van der Waals surface area contributed by atoms with Crippen LogP contribution >= 0.6 is 0 Å². The van der Waals surface area contributed by atoms with E-state index in [1.54, 1.807) is 7.11 Å². The molecule has 1 aromatic heterocycles. The number of benzene rings is 1. The lowest BCUT2D eigenvalue weighted by Crippen LogP contribution is -2.40. The number of carbonyl (C=O) groups excluding carboxylic acids is 1. The second-order valence-corrected chi connectivity index (χ2v) is 6.76. The van der Waals surface area contributed by atoms with Crippen molar-refractivity contribution < 1.29 is 14.3 Å². The highest BCUT2D eigenvalue weighted by molar-refractivity contribution is 5.94. The number of aromatic nitrogens is 1. The molecule has 2 aromatic rings. The van der Waals surface area contributed by atoms with Crippen LogP contribution in [-0.4, -0.2) is 49.2 Å². The molecule has 0 spiro atoms. The molecule has 1 fully saturated rings. The molecule has 132 valence electrons. The van der Waals surface area contributed by atoms with Gasteiger partial charge in [0.25, 0.3) is 0 Å². The van der Waals surface area contributed by atoms with Gasteiger partial charge in [0.1, 0.15) is 5.75 Å². The minimum Gasteiger partial charge on any atom is -0.497 e. The van der Waals surface area contributed by atoms with E-state index in [2.05, 4.69) is 23.3 Å². The average molecular weight is 340 g/mol. The molecule has 0 saturated carbocycles. The maximum Gasteiger partial charge on any atom is 0.226 e. The number of nitrogens with one attached hydrogen (secondary N) is 1. The first-order chi connectivity index (χ1) is 12.3. The van der Waals surface area contributed by atoms with Gasteiger partial charge in [-0.2, -0.15) is 0 Å². The number of amides is 1. The predicted octanol–water partition coefficient (Wildman–Crippen LogP) is 3.22. The van der Waals surface area contributed by atoms with Crippen molar-refractivity contribution in [3.05, 3.63) is 36.0 Å². The summed E-state index contributed by atoms with van der Waals surface area (Å²) >= 11 is 0. The third kappa shape index (κ3) is 3.16. The summed E-state index contributed by atoms with van der Waals surface area (Å²) in [5.74, 6) is 1.29. The van der Waals surface area contributed by atoms with Crippen LogP contribution in [0.4, 0.5) is 0 Å². The number of hydrogen-bond acceptors (Lipinski definition) is 3. The van der Waals surface area contributed by atoms with Crippen LogP contribution < -0.4 is 4.74 Å². The van der Waals surface area contributed by atoms with Crippen LogP contribution in [0.3, 0.4) is 0 Å². The Hall–Kier alpha value is -2.27. The molecule has 1 amide bonds. The van der Waals surface area contributed by atoms with E-state index < -0.39 is 0 Å². The topological polar surface area (TPSA) is 54.6 Å². The van der Waals surface area contributed by atoms with Crippen LogP contribution in [0.15, 0.2) is 30.5 Å². The first kappa shape index (κ1) is 16.2. The number of nitrogens with zero attached hydrogens (tertiary/aromatic N) is 1. The molecule has 2 aliphatic rings. The molecular weight excluding hydrogens is 316 g/mol. The van der Waals surface area contributed by atoms with Gasteiger partial charge in [-0.05, 0) is 43.0 Å². The normalized spacial score (nSPS) is 19.1. The van der Waals surface area contributed by atoms with Crippen molar-refractivity contribution in [2.45, 2.75) is 19.3 Å². The third-order valence-electron chi connectivity index (χ3n) is 5.33. The van der Waals surface area contributed by atoms with Crippen LogP contribution in [0.25, 0.3) is 16.5 Å². The van der Waals surface area contributed by atoms with Gasteiger partial charge in [0.2, 0.25) is 5.91 Å². The molecule has 0 unspecified atom stereocenters. The largest absolute Gasteiger partial charge is 0.497 e. The Bertz CT molecular complexity index is 802. The first-order valence-corrected chi connectivity index (χ1v) is 8.97. The lowest BCUT2D eigenvalue weighted by atomic mass is 9.95. The lowest BCUT2D eigenvalue weighted by Gasteiger charge is -2.31. The highest BCUT2D eigenvalue weighted by Gasteiger charge is 2.27. The summed E-state index contributed by atoms with van der Waals surface area (Å²) in [4.78, 5) is 18.0. The molecule has 1 aromatic carbocycles. The van der Waals surface area contributed by atoms with Crippen molar-refractivity contribution >= 4 is 22.4 Å². The highest BCUT2D eigenvalue weighted by Crippen LogP contribution is 2.32. The van der Waals surface area contributed by atoms with Crippen LogP contribution in [0.2, 0.25) is 0 Å². The van der Waals surface area contributed by atoms with E-state index in [1.807, 2.05) is 17.0 Å². The number of rotatable bonds is 3. The number of fused-ring (bicyclic) bond motifs is 1. The smallest absolute Gasteiger partial charge is 0.226 e. The molecule has 3 heterocycles. The van der Waals surface area contributed by atoms with Crippen molar-refractivity contribution in [2.24, 2.45) is 5.92 Å². The summed E-state index contributed by atoms with van der Waals surface area (Å²) in [7, 11) is 1.69. The van der Waals surface area contributed by atoms with Crippen molar-refractivity contribution in [1.29, 1.82) is 0 Å². The standard InChI is InChI=1S/C20H24N2O3/c1-24-16-2-3-19-17(12-16)18(13-21-19)14-4-8-22(9-5-14)20(23)15-6-10-25-11-7-15/h2-4,12-13,15,21H,5-11H2,1H3. The summed E-state index contributed by atoms with van der Waals surface area (Å²) < 4.78 is 10.7. The second-order valence-electron chi connectivity index (χ2n) is 6.76. The minimum absolute atomic E-state index is 0.140. The number of H-pyrrole nitrogens is 1. The third-order valence-corrected chi connectivity index (χ3v) is 5.33. The van der Waals surface area contributed by atoms with E-state index in [0.29, 0.717) is 25.7 Å².